The van der Waals surface area contributed by atoms with E-state index in [1.54, 1.807) is 23.1 Å². The number of carbonyl (C=O) groups is 1. The van der Waals surface area contributed by atoms with Gasteiger partial charge >= 0.3 is 5.63 Å². The average Bonchev–Trinajstić information content (AvgIpc) is 2.73. The molecule has 5 nitrogen and oxygen atoms in total. The van der Waals surface area contributed by atoms with E-state index >= 15 is 0 Å². The molecule has 4 rings (SSSR count). The van der Waals surface area contributed by atoms with Crippen molar-refractivity contribution < 1.29 is 14.1 Å². The van der Waals surface area contributed by atoms with Crippen molar-refractivity contribution in [2.24, 2.45) is 0 Å². The summed E-state index contributed by atoms with van der Waals surface area (Å²) < 4.78 is 5.24. The Bertz CT molecular complexity index is 1020. The number of piperidine rings is 1. The Kier molecular flexibility index (Phi) is 5.53. The fourth-order valence-corrected chi connectivity index (χ4v) is 3.79. The quantitative estimate of drug-likeness (QED) is 0.671. The van der Waals surface area contributed by atoms with Gasteiger partial charge in [-0.3, -0.25) is 4.79 Å². The van der Waals surface area contributed by atoms with Crippen molar-refractivity contribution in [3.05, 3.63) is 81.7 Å². The van der Waals surface area contributed by atoms with Gasteiger partial charge in [-0.05, 0) is 37.0 Å². The average molecular weight is 377 g/mol. The SMILES string of the molecule is O=C(NCc1ccc(C[NH+]2CCCCC2)cc1)c1cc2ccccc2oc1=O. The van der Waals surface area contributed by atoms with E-state index in [-0.39, 0.29) is 5.56 Å². The zero-order valence-corrected chi connectivity index (χ0v) is 15.9. The smallest absolute Gasteiger partial charge is 0.349 e. The molecule has 144 valence electrons. The van der Waals surface area contributed by atoms with E-state index in [9.17, 15) is 9.59 Å². The molecule has 0 unspecified atom stereocenters. The predicted molar refractivity (Wildman–Crippen MR) is 108 cm³/mol. The zero-order chi connectivity index (χ0) is 19.3. The van der Waals surface area contributed by atoms with Gasteiger partial charge in [0.2, 0.25) is 0 Å². The number of benzene rings is 2. The second kappa shape index (κ2) is 8.40. The van der Waals surface area contributed by atoms with Crippen molar-refractivity contribution in [2.45, 2.75) is 32.4 Å². The number of rotatable bonds is 5. The molecule has 5 heteroatoms. The van der Waals surface area contributed by atoms with Gasteiger partial charge in [-0.2, -0.15) is 0 Å². The van der Waals surface area contributed by atoms with E-state index in [0.29, 0.717) is 12.1 Å². The van der Waals surface area contributed by atoms with Crippen LogP contribution in [0.4, 0.5) is 0 Å². The summed E-state index contributed by atoms with van der Waals surface area (Å²) in [5.74, 6) is -0.415. The van der Waals surface area contributed by atoms with Crippen molar-refractivity contribution >= 4 is 16.9 Å². The highest BCUT2D eigenvalue weighted by atomic mass is 16.4. The molecule has 1 aliphatic rings. The second-order valence-electron chi connectivity index (χ2n) is 7.47. The topological polar surface area (TPSA) is 63.8 Å². The highest BCUT2D eigenvalue weighted by Gasteiger charge is 2.15. The van der Waals surface area contributed by atoms with Gasteiger partial charge in [0.1, 0.15) is 17.7 Å². The fourth-order valence-electron chi connectivity index (χ4n) is 3.79. The summed E-state index contributed by atoms with van der Waals surface area (Å²) in [6.45, 7) is 3.95. The molecule has 1 aliphatic heterocycles. The van der Waals surface area contributed by atoms with E-state index in [0.717, 1.165) is 17.5 Å². The van der Waals surface area contributed by atoms with Crippen LogP contribution in [0.15, 0.2) is 63.8 Å². The van der Waals surface area contributed by atoms with Crippen LogP contribution >= 0.6 is 0 Å². The highest BCUT2D eigenvalue weighted by Crippen LogP contribution is 2.12. The standard InChI is InChI=1S/C23H24N2O3/c26-22(20-14-19-6-2-3-7-21(19)28-23(20)27)24-15-17-8-10-18(11-9-17)16-25-12-4-1-5-13-25/h2-3,6-11,14H,1,4-5,12-13,15-16H2,(H,24,26)/p+1. The van der Waals surface area contributed by atoms with Crippen LogP contribution < -0.4 is 15.8 Å². The van der Waals surface area contributed by atoms with E-state index in [2.05, 4.69) is 17.4 Å². The lowest BCUT2D eigenvalue weighted by atomic mass is 10.1. The molecule has 1 saturated heterocycles. The Balaban J connectivity index is 1.38. The van der Waals surface area contributed by atoms with Crippen LogP contribution in [0.5, 0.6) is 0 Å². The number of amides is 1. The summed E-state index contributed by atoms with van der Waals surface area (Å²) in [6, 6.07) is 17.1. The molecule has 0 radical (unpaired) electrons. The van der Waals surface area contributed by atoms with E-state index in [1.807, 2.05) is 24.3 Å². The molecule has 1 aromatic heterocycles. The monoisotopic (exact) mass is 377 g/mol. The number of fused-ring (bicyclic) bond motifs is 1. The van der Waals surface area contributed by atoms with Gasteiger partial charge in [0, 0.05) is 17.5 Å². The molecule has 0 spiro atoms. The minimum atomic E-state index is -0.615. The third-order valence-electron chi connectivity index (χ3n) is 5.38. The second-order valence-corrected chi connectivity index (χ2v) is 7.47. The predicted octanol–water partition coefficient (Wildman–Crippen LogP) is 2.29. The van der Waals surface area contributed by atoms with Crippen molar-refractivity contribution in [2.75, 3.05) is 13.1 Å². The lowest BCUT2D eigenvalue weighted by molar-refractivity contribution is -0.918. The zero-order valence-electron chi connectivity index (χ0n) is 15.9. The minimum absolute atomic E-state index is 0.0315. The van der Waals surface area contributed by atoms with E-state index < -0.39 is 11.5 Å². The largest absolute Gasteiger partial charge is 0.422 e. The molecule has 3 aromatic rings. The Morgan fingerprint density at radius 2 is 1.68 bits per heavy atom. The Labute approximate surface area is 164 Å². The van der Waals surface area contributed by atoms with Crippen LogP contribution in [0.3, 0.4) is 0 Å². The maximum atomic E-state index is 12.4. The number of quaternary nitrogens is 1. The molecule has 1 fully saturated rings. The molecule has 0 aliphatic carbocycles. The summed E-state index contributed by atoms with van der Waals surface area (Å²) in [6.07, 6.45) is 4.00. The van der Waals surface area contributed by atoms with Crippen molar-refractivity contribution in [1.82, 2.24) is 5.32 Å². The normalized spacial score (nSPS) is 14.9. The maximum absolute atomic E-state index is 12.4. The van der Waals surface area contributed by atoms with Crippen LogP contribution in [-0.4, -0.2) is 19.0 Å². The van der Waals surface area contributed by atoms with Gasteiger partial charge in [0.05, 0.1) is 13.1 Å². The first-order valence-electron chi connectivity index (χ1n) is 9.91. The number of hydrogen-bond donors (Lipinski definition) is 2. The summed E-state index contributed by atoms with van der Waals surface area (Å²) in [5.41, 5.74) is 2.23. The van der Waals surface area contributed by atoms with Gasteiger partial charge < -0.3 is 14.6 Å². The Morgan fingerprint density at radius 3 is 2.46 bits per heavy atom. The van der Waals surface area contributed by atoms with Crippen molar-refractivity contribution in [1.29, 1.82) is 0 Å². The summed E-state index contributed by atoms with van der Waals surface area (Å²) in [4.78, 5) is 26.2. The molecular formula is C23H25N2O3+. The molecule has 0 saturated carbocycles. The summed E-state index contributed by atoms with van der Waals surface area (Å²) in [5, 5.41) is 3.55. The lowest BCUT2D eigenvalue weighted by Crippen LogP contribution is -3.11. The fraction of sp³-hybridized carbons (Fsp3) is 0.304. The van der Waals surface area contributed by atoms with Crippen molar-refractivity contribution in [3.8, 4) is 0 Å². The number of likely N-dealkylation sites (tertiary alicyclic amines) is 1. The van der Waals surface area contributed by atoms with Crippen LogP contribution in [-0.2, 0) is 13.1 Å². The summed E-state index contributed by atoms with van der Waals surface area (Å²) in [7, 11) is 0. The summed E-state index contributed by atoms with van der Waals surface area (Å²) >= 11 is 0. The molecule has 0 atom stereocenters. The third kappa shape index (κ3) is 4.31. The van der Waals surface area contributed by atoms with Crippen LogP contribution in [0.25, 0.3) is 11.0 Å². The third-order valence-corrected chi connectivity index (χ3v) is 5.38. The molecule has 28 heavy (non-hydrogen) atoms. The Hall–Kier alpha value is -2.92. The molecule has 1 amide bonds. The Morgan fingerprint density at radius 1 is 0.964 bits per heavy atom. The molecule has 0 bridgehead atoms. The molecule has 2 aromatic carbocycles. The van der Waals surface area contributed by atoms with Crippen LogP contribution in [0.2, 0.25) is 0 Å². The van der Waals surface area contributed by atoms with E-state index in [4.69, 9.17) is 4.42 Å². The number of carbonyl (C=O) groups excluding carboxylic acids is 1. The maximum Gasteiger partial charge on any atom is 0.349 e. The first-order valence-corrected chi connectivity index (χ1v) is 9.91. The van der Waals surface area contributed by atoms with Gasteiger partial charge in [-0.25, -0.2) is 4.79 Å². The first-order chi connectivity index (χ1) is 13.7. The van der Waals surface area contributed by atoms with E-state index in [1.165, 1.54) is 37.9 Å². The van der Waals surface area contributed by atoms with Gasteiger partial charge in [-0.1, -0.05) is 42.5 Å². The van der Waals surface area contributed by atoms with Crippen molar-refractivity contribution in [3.63, 3.8) is 0 Å². The molecule has 2 heterocycles. The van der Waals surface area contributed by atoms with Gasteiger partial charge in [0.15, 0.2) is 0 Å². The molecular weight excluding hydrogens is 352 g/mol. The van der Waals surface area contributed by atoms with Crippen LogP contribution in [0.1, 0.15) is 40.7 Å². The van der Waals surface area contributed by atoms with Crippen LogP contribution in [0, 0.1) is 0 Å². The number of hydrogen-bond acceptors (Lipinski definition) is 3. The minimum Gasteiger partial charge on any atom is -0.422 e. The van der Waals surface area contributed by atoms with Gasteiger partial charge in [-0.15, -0.1) is 0 Å². The highest BCUT2D eigenvalue weighted by molar-refractivity contribution is 5.96. The number of para-hydroxylation sites is 1. The molecule has 2 N–H and O–H groups in total. The number of nitrogens with one attached hydrogen (secondary N) is 2. The lowest BCUT2D eigenvalue weighted by Gasteiger charge is -2.23. The first kappa shape index (κ1) is 18.4. The van der Waals surface area contributed by atoms with Gasteiger partial charge in [0.25, 0.3) is 5.91 Å².